The normalized spacial score (nSPS) is 10.6. The molecule has 0 heterocycles. The number of nitrogens with one attached hydrogen (secondary N) is 1. The van der Waals surface area contributed by atoms with E-state index >= 15 is 0 Å². The van der Waals surface area contributed by atoms with Crippen LogP contribution in [0.5, 0.6) is 17.2 Å². The van der Waals surface area contributed by atoms with E-state index in [1.807, 2.05) is 0 Å². The lowest BCUT2D eigenvalue weighted by Crippen LogP contribution is -2.19. The van der Waals surface area contributed by atoms with E-state index in [4.69, 9.17) is 14.7 Å². The third kappa shape index (κ3) is 6.81. The highest BCUT2D eigenvalue weighted by atomic mass is 19.4. The maximum Gasteiger partial charge on any atom is 0.422 e. The van der Waals surface area contributed by atoms with Gasteiger partial charge in [-0.05, 0) is 36.4 Å². The molecule has 164 valence electrons. The molecule has 31 heavy (non-hydrogen) atoms. The van der Waals surface area contributed by atoms with E-state index in [2.05, 4.69) is 14.8 Å². The fourth-order valence-electron chi connectivity index (χ4n) is 2.31. The number of nitriles is 1. The molecule has 2 rings (SSSR count). The van der Waals surface area contributed by atoms with Crippen molar-refractivity contribution in [2.24, 2.45) is 0 Å². The predicted molar refractivity (Wildman–Crippen MR) is 101 cm³/mol. The van der Waals surface area contributed by atoms with Crippen LogP contribution in [0.1, 0.15) is 15.9 Å². The number of nitrogens with zero attached hydrogens (tertiary/aromatic N) is 1. The Hall–Kier alpha value is -3.94. The summed E-state index contributed by atoms with van der Waals surface area (Å²) in [4.78, 5) is 23.7. The van der Waals surface area contributed by atoms with Crippen LogP contribution < -0.4 is 19.5 Å². The highest BCUT2D eigenvalue weighted by Gasteiger charge is 2.29. The Bertz CT molecular complexity index is 1000. The van der Waals surface area contributed by atoms with Crippen molar-refractivity contribution >= 4 is 17.6 Å². The van der Waals surface area contributed by atoms with Crippen LogP contribution in [0, 0.1) is 11.3 Å². The zero-order valence-corrected chi connectivity index (χ0v) is 16.4. The number of esters is 1. The van der Waals surface area contributed by atoms with Gasteiger partial charge < -0.3 is 24.3 Å². The lowest BCUT2D eigenvalue weighted by molar-refractivity contribution is -0.153. The fraction of sp³-hybridized carbons (Fsp3) is 0.250. The molecule has 0 spiro atoms. The van der Waals surface area contributed by atoms with E-state index in [0.29, 0.717) is 0 Å². The van der Waals surface area contributed by atoms with Crippen molar-refractivity contribution in [2.45, 2.75) is 6.18 Å². The summed E-state index contributed by atoms with van der Waals surface area (Å²) in [6.45, 7) is -1.89. The molecule has 2 aromatic carbocycles. The molecule has 0 saturated heterocycles. The number of hydrogen-bond donors (Lipinski definition) is 1. The molecule has 0 aliphatic heterocycles. The molecule has 0 aliphatic carbocycles. The van der Waals surface area contributed by atoms with E-state index in [0.717, 1.165) is 6.07 Å². The molecule has 2 aromatic rings. The molecule has 1 N–H and O–H groups in total. The molecule has 0 unspecified atom stereocenters. The minimum absolute atomic E-state index is 0.165. The topological polar surface area (TPSA) is 107 Å². The summed E-state index contributed by atoms with van der Waals surface area (Å²) < 4.78 is 56.4. The number of anilines is 1. The second kappa shape index (κ2) is 10.2. The number of methoxy groups -OCH3 is 2. The van der Waals surface area contributed by atoms with Gasteiger partial charge in [-0.1, -0.05) is 0 Å². The van der Waals surface area contributed by atoms with Gasteiger partial charge in [-0.3, -0.25) is 4.79 Å². The van der Waals surface area contributed by atoms with Gasteiger partial charge in [0.05, 0.1) is 19.8 Å². The molecule has 0 atom stereocenters. The second-order valence-corrected chi connectivity index (χ2v) is 5.91. The summed E-state index contributed by atoms with van der Waals surface area (Å²) in [5.74, 6) is -1.04. The zero-order valence-electron chi connectivity index (χ0n) is 16.4. The van der Waals surface area contributed by atoms with Crippen molar-refractivity contribution in [1.82, 2.24) is 0 Å². The smallest absolute Gasteiger partial charge is 0.422 e. The standard InChI is InChI=1S/C20H17F3N2O6/c1-28-17-8-12(3-5-16(17)30-10-18(26)29-2)19(27)25-14-4-6-15(13(7-14)9-24)31-11-20(21,22)23/h3-8H,10-11H2,1-2H3,(H,25,27). The van der Waals surface area contributed by atoms with Gasteiger partial charge in [-0.25, -0.2) is 4.79 Å². The lowest BCUT2D eigenvalue weighted by Gasteiger charge is -2.13. The Morgan fingerprint density at radius 3 is 2.35 bits per heavy atom. The van der Waals surface area contributed by atoms with E-state index in [9.17, 15) is 22.8 Å². The largest absolute Gasteiger partial charge is 0.493 e. The highest BCUT2D eigenvalue weighted by molar-refractivity contribution is 6.04. The SMILES string of the molecule is COC(=O)COc1ccc(C(=O)Nc2ccc(OCC(F)(F)F)c(C#N)c2)cc1OC. The first kappa shape index (κ1) is 23.3. The third-order valence-corrected chi connectivity index (χ3v) is 3.75. The van der Waals surface area contributed by atoms with Crippen LogP contribution in [0.3, 0.4) is 0 Å². The molecule has 0 aromatic heterocycles. The Kier molecular flexibility index (Phi) is 7.68. The molecular weight excluding hydrogens is 421 g/mol. The number of ether oxygens (including phenoxy) is 4. The maximum atomic E-state index is 12.5. The Morgan fingerprint density at radius 2 is 1.74 bits per heavy atom. The Morgan fingerprint density at radius 1 is 1.03 bits per heavy atom. The summed E-state index contributed by atoms with van der Waals surface area (Å²) in [7, 11) is 2.56. The first-order valence-corrected chi connectivity index (χ1v) is 8.59. The minimum atomic E-state index is -4.55. The van der Waals surface area contributed by atoms with Crippen LogP contribution in [-0.2, 0) is 9.53 Å². The maximum absolute atomic E-state index is 12.5. The van der Waals surface area contributed by atoms with Gasteiger partial charge in [0.2, 0.25) is 0 Å². The van der Waals surface area contributed by atoms with Crippen molar-refractivity contribution in [3.05, 3.63) is 47.5 Å². The summed E-state index contributed by atoms with van der Waals surface area (Å²) in [6.07, 6.45) is -4.55. The van der Waals surface area contributed by atoms with Gasteiger partial charge in [0.1, 0.15) is 11.8 Å². The molecule has 1 amide bonds. The highest BCUT2D eigenvalue weighted by Crippen LogP contribution is 2.29. The number of hydrogen-bond acceptors (Lipinski definition) is 7. The molecule has 0 saturated carbocycles. The van der Waals surface area contributed by atoms with Crippen molar-refractivity contribution in [3.8, 4) is 23.3 Å². The molecule has 0 fully saturated rings. The number of alkyl halides is 3. The fourth-order valence-corrected chi connectivity index (χ4v) is 2.31. The molecule has 8 nitrogen and oxygen atoms in total. The average Bonchev–Trinajstić information content (AvgIpc) is 2.75. The number of carbonyl (C=O) groups excluding carboxylic acids is 2. The predicted octanol–water partition coefficient (Wildman–Crippen LogP) is 3.31. The van der Waals surface area contributed by atoms with Gasteiger partial charge in [0.15, 0.2) is 24.7 Å². The van der Waals surface area contributed by atoms with Crippen LogP contribution >= 0.6 is 0 Å². The summed E-state index contributed by atoms with van der Waals surface area (Å²) in [5.41, 5.74) is 0.162. The van der Waals surface area contributed by atoms with Crippen LogP contribution in [0.25, 0.3) is 0 Å². The van der Waals surface area contributed by atoms with E-state index in [1.54, 1.807) is 6.07 Å². The van der Waals surface area contributed by atoms with Crippen molar-refractivity contribution in [3.63, 3.8) is 0 Å². The first-order chi connectivity index (χ1) is 14.7. The van der Waals surface area contributed by atoms with Gasteiger partial charge in [0.25, 0.3) is 5.91 Å². The molecule has 0 bridgehead atoms. The number of halogens is 3. The van der Waals surface area contributed by atoms with Crippen LogP contribution in [-0.4, -0.2) is 45.5 Å². The zero-order chi connectivity index (χ0) is 23.0. The van der Waals surface area contributed by atoms with Gasteiger partial charge in [-0.2, -0.15) is 18.4 Å². The van der Waals surface area contributed by atoms with Crippen molar-refractivity contribution in [1.29, 1.82) is 5.26 Å². The first-order valence-electron chi connectivity index (χ1n) is 8.59. The number of carbonyl (C=O) groups is 2. The average molecular weight is 438 g/mol. The summed E-state index contributed by atoms with van der Waals surface area (Å²) >= 11 is 0. The van der Waals surface area contributed by atoms with Crippen LogP contribution in [0.4, 0.5) is 18.9 Å². The summed E-state index contributed by atoms with van der Waals surface area (Å²) in [6, 6.07) is 9.57. The van der Waals surface area contributed by atoms with E-state index < -0.39 is 24.7 Å². The summed E-state index contributed by atoms with van der Waals surface area (Å²) in [5, 5.41) is 11.7. The monoisotopic (exact) mass is 438 g/mol. The molecular formula is C20H17F3N2O6. The molecule has 0 aliphatic rings. The Labute approximate surface area is 175 Å². The second-order valence-electron chi connectivity index (χ2n) is 5.91. The minimum Gasteiger partial charge on any atom is -0.493 e. The molecule has 0 radical (unpaired) electrons. The van der Waals surface area contributed by atoms with Gasteiger partial charge in [-0.15, -0.1) is 0 Å². The Balaban J connectivity index is 2.13. The van der Waals surface area contributed by atoms with Gasteiger partial charge in [0, 0.05) is 11.3 Å². The van der Waals surface area contributed by atoms with Crippen molar-refractivity contribution < 1.29 is 41.7 Å². The number of rotatable bonds is 8. The quantitative estimate of drug-likeness (QED) is 0.630. The number of amides is 1. The number of benzene rings is 2. The van der Waals surface area contributed by atoms with Crippen LogP contribution in [0.15, 0.2) is 36.4 Å². The van der Waals surface area contributed by atoms with Crippen molar-refractivity contribution in [2.75, 3.05) is 32.8 Å². The van der Waals surface area contributed by atoms with E-state index in [-0.39, 0.29) is 40.7 Å². The van der Waals surface area contributed by atoms with Crippen LogP contribution in [0.2, 0.25) is 0 Å². The molecule has 11 heteroatoms. The van der Waals surface area contributed by atoms with E-state index in [1.165, 1.54) is 44.6 Å². The van der Waals surface area contributed by atoms with Gasteiger partial charge >= 0.3 is 12.1 Å². The third-order valence-electron chi connectivity index (χ3n) is 3.75. The lowest BCUT2D eigenvalue weighted by atomic mass is 10.1.